The van der Waals surface area contributed by atoms with Crippen molar-refractivity contribution in [2.45, 2.75) is 84.7 Å². The fourth-order valence-electron chi connectivity index (χ4n) is 2.84. The Morgan fingerprint density at radius 2 is 1.82 bits per heavy atom. The number of esters is 1. The number of hydrogen-bond acceptors (Lipinski definition) is 2. The van der Waals surface area contributed by atoms with Gasteiger partial charge >= 0.3 is 5.97 Å². The van der Waals surface area contributed by atoms with Crippen molar-refractivity contribution in [1.29, 1.82) is 0 Å². The van der Waals surface area contributed by atoms with Crippen LogP contribution in [0.15, 0.2) is 0 Å². The molecule has 0 aromatic rings. The molecule has 100 valence electrons. The third-order valence-electron chi connectivity index (χ3n) is 4.54. The molecule has 1 unspecified atom stereocenters. The van der Waals surface area contributed by atoms with Gasteiger partial charge in [0, 0.05) is 0 Å². The smallest absolute Gasteiger partial charge is 0.312 e. The summed E-state index contributed by atoms with van der Waals surface area (Å²) in [6.07, 6.45) is 8.34. The Balaban J connectivity index is 2.69. The van der Waals surface area contributed by atoms with Gasteiger partial charge in [-0.05, 0) is 51.9 Å². The Morgan fingerprint density at radius 1 is 1.24 bits per heavy atom. The summed E-state index contributed by atoms with van der Waals surface area (Å²) < 4.78 is 5.92. The predicted octanol–water partition coefficient (Wildman–Crippen LogP) is 4.47. The topological polar surface area (TPSA) is 26.3 Å². The highest BCUT2D eigenvalue weighted by Gasteiger charge is 2.41. The Labute approximate surface area is 106 Å². The molecule has 17 heavy (non-hydrogen) atoms. The fourth-order valence-corrected chi connectivity index (χ4v) is 2.84. The van der Waals surface area contributed by atoms with Crippen LogP contribution in [0.1, 0.15) is 79.1 Å². The maximum atomic E-state index is 12.4. The maximum Gasteiger partial charge on any atom is 0.312 e. The third-order valence-corrected chi connectivity index (χ3v) is 4.54. The van der Waals surface area contributed by atoms with E-state index in [1.54, 1.807) is 0 Å². The normalized spacial score (nSPS) is 22.1. The molecule has 0 N–H and O–H groups in total. The van der Waals surface area contributed by atoms with E-state index in [0.717, 1.165) is 38.5 Å². The van der Waals surface area contributed by atoms with E-state index in [-0.39, 0.29) is 17.0 Å². The molecule has 0 heterocycles. The van der Waals surface area contributed by atoms with Crippen LogP contribution in [0.4, 0.5) is 0 Å². The van der Waals surface area contributed by atoms with Crippen molar-refractivity contribution in [3.8, 4) is 0 Å². The summed E-state index contributed by atoms with van der Waals surface area (Å²) in [7, 11) is 0. The lowest BCUT2D eigenvalue weighted by molar-refractivity contribution is -0.172. The Hall–Kier alpha value is -0.530. The summed E-state index contributed by atoms with van der Waals surface area (Å²) in [6.45, 7) is 8.41. The van der Waals surface area contributed by atoms with Crippen LogP contribution < -0.4 is 0 Å². The van der Waals surface area contributed by atoms with Gasteiger partial charge in [0.25, 0.3) is 0 Å². The maximum absolute atomic E-state index is 12.4. The van der Waals surface area contributed by atoms with Crippen LogP contribution in [0.5, 0.6) is 0 Å². The van der Waals surface area contributed by atoms with Gasteiger partial charge in [0.1, 0.15) is 5.60 Å². The van der Waals surface area contributed by atoms with Gasteiger partial charge in [-0.25, -0.2) is 0 Å². The van der Waals surface area contributed by atoms with Crippen LogP contribution in [-0.4, -0.2) is 11.6 Å². The van der Waals surface area contributed by atoms with Crippen LogP contribution in [0, 0.1) is 5.41 Å². The zero-order valence-electron chi connectivity index (χ0n) is 12.0. The van der Waals surface area contributed by atoms with Gasteiger partial charge in [-0.1, -0.05) is 27.2 Å². The standard InChI is InChI=1S/C15H28O2/c1-5-10-14(4,6-2)13(16)17-15(7-3)11-8-9-12-15/h5-12H2,1-4H3. The van der Waals surface area contributed by atoms with Crippen molar-refractivity contribution in [3.05, 3.63) is 0 Å². The van der Waals surface area contributed by atoms with Crippen LogP contribution in [0.25, 0.3) is 0 Å². The third kappa shape index (κ3) is 3.23. The van der Waals surface area contributed by atoms with E-state index < -0.39 is 0 Å². The molecule has 0 aliphatic heterocycles. The van der Waals surface area contributed by atoms with E-state index >= 15 is 0 Å². The van der Waals surface area contributed by atoms with Gasteiger partial charge in [-0.15, -0.1) is 0 Å². The first kappa shape index (κ1) is 14.5. The van der Waals surface area contributed by atoms with Gasteiger partial charge in [0.2, 0.25) is 0 Å². The molecule has 2 heteroatoms. The van der Waals surface area contributed by atoms with Gasteiger partial charge < -0.3 is 4.74 Å². The van der Waals surface area contributed by atoms with Crippen LogP contribution in [0.2, 0.25) is 0 Å². The number of carbonyl (C=O) groups excluding carboxylic acids is 1. The quantitative estimate of drug-likeness (QED) is 0.640. The number of carbonyl (C=O) groups is 1. The van der Waals surface area contributed by atoms with Gasteiger partial charge in [0.15, 0.2) is 0 Å². The highest BCUT2D eigenvalue weighted by Crippen LogP contribution is 2.39. The van der Waals surface area contributed by atoms with Crippen molar-refractivity contribution in [2.75, 3.05) is 0 Å². The predicted molar refractivity (Wildman–Crippen MR) is 70.9 cm³/mol. The second-order valence-electron chi connectivity index (χ2n) is 5.80. The zero-order valence-corrected chi connectivity index (χ0v) is 12.0. The molecule has 0 aromatic carbocycles. The SMILES string of the molecule is CCCC(C)(CC)C(=O)OC1(CC)CCCC1. The molecule has 0 radical (unpaired) electrons. The lowest BCUT2D eigenvalue weighted by atomic mass is 9.82. The highest BCUT2D eigenvalue weighted by molar-refractivity contribution is 5.76. The van der Waals surface area contributed by atoms with E-state index in [1.807, 2.05) is 0 Å². The van der Waals surface area contributed by atoms with Crippen molar-refractivity contribution in [2.24, 2.45) is 5.41 Å². The molecule has 0 amide bonds. The van der Waals surface area contributed by atoms with E-state index in [0.29, 0.717) is 0 Å². The summed E-state index contributed by atoms with van der Waals surface area (Å²) >= 11 is 0. The average molecular weight is 240 g/mol. The largest absolute Gasteiger partial charge is 0.459 e. The van der Waals surface area contributed by atoms with Crippen LogP contribution in [-0.2, 0) is 9.53 Å². The summed E-state index contributed by atoms with van der Waals surface area (Å²) in [4.78, 5) is 12.4. The van der Waals surface area contributed by atoms with Gasteiger partial charge in [-0.3, -0.25) is 4.79 Å². The second-order valence-corrected chi connectivity index (χ2v) is 5.80. The Bertz CT molecular complexity index is 254. The van der Waals surface area contributed by atoms with Gasteiger partial charge in [0.05, 0.1) is 5.41 Å². The number of hydrogen-bond donors (Lipinski definition) is 0. The first-order chi connectivity index (χ1) is 8.02. The lowest BCUT2D eigenvalue weighted by Gasteiger charge is -2.34. The van der Waals surface area contributed by atoms with E-state index in [1.165, 1.54) is 12.8 Å². The Kier molecular flexibility index (Phi) is 5.03. The number of rotatable bonds is 6. The van der Waals surface area contributed by atoms with Crippen molar-refractivity contribution in [3.63, 3.8) is 0 Å². The lowest BCUT2D eigenvalue weighted by Crippen LogP contribution is -2.38. The first-order valence-electron chi connectivity index (χ1n) is 7.25. The minimum absolute atomic E-state index is 0.0330. The van der Waals surface area contributed by atoms with Crippen LogP contribution in [0.3, 0.4) is 0 Å². The molecule has 1 atom stereocenters. The van der Waals surface area contributed by atoms with E-state index in [9.17, 15) is 4.79 Å². The monoisotopic (exact) mass is 240 g/mol. The molecule has 1 saturated carbocycles. The van der Waals surface area contributed by atoms with Crippen molar-refractivity contribution >= 4 is 5.97 Å². The zero-order chi connectivity index (χ0) is 12.9. The molecular formula is C15H28O2. The molecule has 1 aliphatic carbocycles. The van der Waals surface area contributed by atoms with Crippen molar-refractivity contribution < 1.29 is 9.53 Å². The molecule has 1 fully saturated rings. The molecule has 2 nitrogen and oxygen atoms in total. The second kappa shape index (κ2) is 5.88. The molecule has 0 spiro atoms. The molecule has 1 rings (SSSR count). The fraction of sp³-hybridized carbons (Fsp3) is 0.933. The summed E-state index contributed by atoms with van der Waals surface area (Å²) in [5, 5.41) is 0. The van der Waals surface area contributed by atoms with E-state index in [2.05, 4.69) is 27.7 Å². The first-order valence-corrected chi connectivity index (χ1v) is 7.25. The summed E-state index contributed by atoms with van der Waals surface area (Å²) in [5.74, 6) is 0.0330. The minimum atomic E-state index is -0.278. The molecular weight excluding hydrogens is 212 g/mol. The molecule has 0 saturated heterocycles. The molecule has 0 bridgehead atoms. The van der Waals surface area contributed by atoms with E-state index in [4.69, 9.17) is 4.74 Å². The van der Waals surface area contributed by atoms with Crippen LogP contribution >= 0.6 is 0 Å². The molecule has 1 aliphatic rings. The molecule has 0 aromatic heterocycles. The Morgan fingerprint density at radius 3 is 2.24 bits per heavy atom. The summed E-state index contributed by atoms with van der Waals surface area (Å²) in [5.41, 5.74) is -0.416. The highest BCUT2D eigenvalue weighted by atomic mass is 16.6. The minimum Gasteiger partial charge on any atom is -0.459 e. The number of ether oxygens (including phenoxy) is 1. The van der Waals surface area contributed by atoms with Gasteiger partial charge in [-0.2, -0.15) is 0 Å². The summed E-state index contributed by atoms with van der Waals surface area (Å²) in [6, 6.07) is 0. The average Bonchev–Trinajstić information content (AvgIpc) is 2.78. The van der Waals surface area contributed by atoms with Crippen molar-refractivity contribution in [1.82, 2.24) is 0 Å².